The van der Waals surface area contributed by atoms with Crippen molar-refractivity contribution in [3.63, 3.8) is 0 Å². The van der Waals surface area contributed by atoms with Gasteiger partial charge in [0.15, 0.2) is 5.82 Å². The number of aromatic amines is 1. The Bertz CT molecular complexity index is 711. The van der Waals surface area contributed by atoms with Crippen molar-refractivity contribution in [2.24, 2.45) is 0 Å². The van der Waals surface area contributed by atoms with E-state index in [4.69, 9.17) is 5.26 Å². The molecular formula is C12H12N4O2S. The first-order valence-electron chi connectivity index (χ1n) is 5.62. The highest BCUT2D eigenvalue weighted by atomic mass is 32.2. The van der Waals surface area contributed by atoms with Gasteiger partial charge in [-0.15, -0.1) is 0 Å². The van der Waals surface area contributed by atoms with Crippen molar-refractivity contribution < 1.29 is 8.42 Å². The van der Waals surface area contributed by atoms with Gasteiger partial charge in [-0.05, 0) is 30.7 Å². The van der Waals surface area contributed by atoms with Gasteiger partial charge in [-0.2, -0.15) is 10.4 Å². The lowest BCUT2D eigenvalue weighted by atomic mass is 10.2. The summed E-state index contributed by atoms with van der Waals surface area (Å²) in [4.78, 5) is 0.0903. The fourth-order valence-corrected chi connectivity index (χ4v) is 2.49. The van der Waals surface area contributed by atoms with Crippen molar-refractivity contribution in [2.75, 3.05) is 4.72 Å². The SMILES string of the molecule is CCc1cc(NS(=O)(=O)c2ccc(C#N)cc2)n[nH]1. The Hall–Kier alpha value is -2.33. The van der Waals surface area contributed by atoms with Crippen molar-refractivity contribution in [2.45, 2.75) is 18.2 Å². The molecular weight excluding hydrogens is 264 g/mol. The Morgan fingerprint density at radius 2 is 2.05 bits per heavy atom. The maximum absolute atomic E-state index is 12.1. The molecule has 0 fully saturated rings. The van der Waals surface area contributed by atoms with E-state index < -0.39 is 10.0 Å². The summed E-state index contributed by atoms with van der Waals surface area (Å²) in [5.41, 5.74) is 1.25. The van der Waals surface area contributed by atoms with Gasteiger partial charge in [-0.3, -0.25) is 9.82 Å². The molecule has 1 aromatic carbocycles. The number of sulfonamides is 1. The highest BCUT2D eigenvalue weighted by molar-refractivity contribution is 7.92. The van der Waals surface area contributed by atoms with Gasteiger partial charge in [0.2, 0.25) is 0 Å². The van der Waals surface area contributed by atoms with Gasteiger partial charge in [0.1, 0.15) is 0 Å². The second kappa shape index (κ2) is 5.12. The van der Waals surface area contributed by atoms with Crippen LogP contribution in [0.25, 0.3) is 0 Å². The van der Waals surface area contributed by atoms with Crippen molar-refractivity contribution in [3.05, 3.63) is 41.6 Å². The van der Waals surface area contributed by atoms with Gasteiger partial charge in [-0.1, -0.05) is 6.92 Å². The fraction of sp³-hybridized carbons (Fsp3) is 0.167. The summed E-state index contributed by atoms with van der Waals surface area (Å²) in [5, 5.41) is 15.3. The zero-order valence-corrected chi connectivity index (χ0v) is 11.0. The van der Waals surface area contributed by atoms with Crippen LogP contribution >= 0.6 is 0 Å². The minimum absolute atomic E-state index is 0.0903. The van der Waals surface area contributed by atoms with E-state index in [0.717, 1.165) is 12.1 Å². The fourth-order valence-electron chi connectivity index (χ4n) is 1.50. The molecule has 0 spiro atoms. The summed E-state index contributed by atoms with van der Waals surface area (Å²) < 4.78 is 26.5. The molecule has 0 saturated heterocycles. The van der Waals surface area contributed by atoms with Gasteiger partial charge >= 0.3 is 0 Å². The molecule has 0 bridgehead atoms. The van der Waals surface area contributed by atoms with Crippen LogP contribution in [-0.4, -0.2) is 18.6 Å². The van der Waals surface area contributed by atoms with Crippen molar-refractivity contribution >= 4 is 15.8 Å². The van der Waals surface area contributed by atoms with E-state index in [1.807, 2.05) is 13.0 Å². The third-order valence-electron chi connectivity index (χ3n) is 2.54. The number of hydrogen-bond acceptors (Lipinski definition) is 4. The normalized spacial score (nSPS) is 10.9. The Kier molecular flexibility index (Phi) is 3.53. The summed E-state index contributed by atoms with van der Waals surface area (Å²) in [6.45, 7) is 1.94. The second-order valence-electron chi connectivity index (χ2n) is 3.87. The highest BCUT2D eigenvalue weighted by Gasteiger charge is 2.15. The number of nitrogens with one attached hydrogen (secondary N) is 2. The van der Waals surface area contributed by atoms with Crippen LogP contribution in [0.3, 0.4) is 0 Å². The molecule has 6 nitrogen and oxygen atoms in total. The van der Waals surface area contributed by atoms with Crippen LogP contribution in [0.2, 0.25) is 0 Å². The Balaban J connectivity index is 2.24. The first kappa shape index (κ1) is 13.1. The minimum atomic E-state index is -3.68. The molecule has 0 radical (unpaired) electrons. The number of aromatic nitrogens is 2. The number of rotatable bonds is 4. The lowest BCUT2D eigenvalue weighted by Crippen LogP contribution is -2.13. The number of H-pyrrole nitrogens is 1. The van der Waals surface area contributed by atoms with E-state index in [1.54, 1.807) is 6.07 Å². The molecule has 0 aliphatic rings. The molecule has 0 atom stereocenters. The largest absolute Gasteiger partial charge is 0.280 e. The Morgan fingerprint density at radius 1 is 1.37 bits per heavy atom. The molecule has 0 amide bonds. The molecule has 1 heterocycles. The summed E-state index contributed by atoms with van der Waals surface area (Å²) in [6, 6.07) is 9.25. The zero-order valence-electron chi connectivity index (χ0n) is 10.2. The molecule has 2 aromatic rings. The molecule has 0 unspecified atom stereocenters. The number of nitriles is 1. The van der Waals surface area contributed by atoms with Crippen molar-refractivity contribution in [3.8, 4) is 6.07 Å². The number of aryl methyl sites for hydroxylation is 1. The van der Waals surface area contributed by atoms with Crippen LogP contribution in [0.4, 0.5) is 5.82 Å². The topological polar surface area (TPSA) is 98.6 Å². The highest BCUT2D eigenvalue weighted by Crippen LogP contribution is 2.15. The van der Waals surface area contributed by atoms with Gasteiger partial charge in [0.05, 0.1) is 16.5 Å². The van der Waals surface area contributed by atoms with Crippen molar-refractivity contribution in [1.82, 2.24) is 10.2 Å². The van der Waals surface area contributed by atoms with E-state index in [9.17, 15) is 8.42 Å². The van der Waals surface area contributed by atoms with Gasteiger partial charge < -0.3 is 0 Å². The molecule has 1 aromatic heterocycles. The number of benzene rings is 1. The Morgan fingerprint density at radius 3 is 2.58 bits per heavy atom. The average Bonchev–Trinajstić information content (AvgIpc) is 2.85. The van der Waals surface area contributed by atoms with Crippen LogP contribution in [0.15, 0.2) is 35.2 Å². The maximum Gasteiger partial charge on any atom is 0.263 e. The van der Waals surface area contributed by atoms with Gasteiger partial charge in [-0.25, -0.2) is 8.42 Å². The second-order valence-corrected chi connectivity index (χ2v) is 5.56. The molecule has 2 rings (SSSR count). The Labute approximate surface area is 111 Å². The average molecular weight is 276 g/mol. The summed E-state index contributed by atoms with van der Waals surface area (Å²) >= 11 is 0. The molecule has 0 aliphatic carbocycles. The molecule has 19 heavy (non-hydrogen) atoms. The lowest BCUT2D eigenvalue weighted by molar-refractivity contribution is 0.601. The van der Waals surface area contributed by atoms with E-state index >= 15 is 0 Å². The number of anilines is 1. The summed E-state index contributed by atoms with van der Waals surface area (Å²) in [7, 11) is -3.68. The van der Waals surface area contributed by atoms with Gasteiger partial charge in [0.25, 0.3) is 10.0 Å². The first-order chi connectivity index (χ1) is 9.05. The van der Waals surface area contributed by atoms with Crippen LogP contribution in [0, 0.1) is 11.3 Å². The molecule has 0 aliphatic heterocycles. The number of hydrogen-bond donors (Lipinski definition) is 2. The lowest BCUT2D eigenvalue weighted by Gasteiger charge is -2.04. The predicted molar refractivity (Wildman–Crippen MR) is 69.9 cm³/mol. The van der Waals surface area contributed by atoms with Crippen LogP contribution in [-0.2, 0) is 16.4 Å². The summed E-state index contributed by atoms with van der Waals surface area (Å²) in [6.07, 6.45) is 0.742. The first-order valence-corrected chi connectivity index (χ1v) is 7.10. The third kappa shape index (κ3) is 2.92. The van der Waals surface area contributed by atoms with Gasteiger partial charge in [0, 0.05) is 11.8 Å². The minimum Gasteiger partial charge on any atom is -0.280 e. The van der Waals surface area contributed by atoms with E-state index in [1.165, 1.54) is 24.3 Å². The third-order valence-corrected chi connectivity index (χ3v) is 3.92. The molecule has 98 valence electrons. The predicted octanol–water partition coefficient (Wildman–Crippen LogP) is 1.64. The van der Waals surface area contributed by atoms with Crippen LogP contribution < -0.4 is 4.72 Å². The van der Waals surface area contributed by atoms with E-state index in [2.05, 4.69) is 14.9 Å². The number of nitrogens with zero attached hydrogens (tertiary/aromatic N) is 2. The van der Waals surface area contributed by atoms with Crippen LogP contribution in [0.1, 0.15) is 18.2 Å². The van der Waals surface area contributed by atoms with E-state index in [-0.39, 0.29) is 10.7 Å². The summed E-state index contributed by atoms with van der Waals surface area (Å²) in [5.74, 6) is 0.251. The van der Waals surface area contributed by atoms with Crippen LogP contribution in [0.5, 0.6) is 0 Å². The van der Waals surface area contributed by atoms with Crippen molar-refractivity contribution in [1.29, 1.82) is 5.26 Å². The maximum atomic E-state index is 12.1. The van der Waals surface area contributed by atoms with E-state index in [0.29, 0.717) is 5.56 Å². The molecule has 2 N–H and O–H groups in total. The smallest absolute Gasteiger partial charge is 0.263 e. The zero-order chi connectivity index (χ0) is 13.9. The molecule has 0 saturated carbocycles. The quantitative estimate of drug-likeness (QED) is 0.886. The standard InChI is InChI=1S/C12H12N4O2S/c1-2-10-7-12(15-14-10)16-19(17,18)11-5-3-9(8-13)4-6-11/h3-7H,2H2,1H3,(H2,14,15,16). The molecule has 7 heteroatoms. The monoisotopic (exact) mass is 276 g/mol.